The number of Topliss-reactive ketones (excluding diaryl/α,β-unsaturated/α-hetero) is 1. The van der Waals surface area contributed by atoms with Crippen molar-refractivity contribution in [3.63, 3.8) is 0 Å². The number of halogens is 1. The Labute approximate surface area is 163 Å². The molecule has 1 aliphatic rings. The number of alkyl halides is 1. The van der Waals surface area contributed by atoms with E-state index < -0.39 is 18.1 Å². The van der Waals surface area contributed by atoms with Crippen LogP contribution in [0.15, 0.2) is 41.6 Å². The van der Waals surface area contributed by atoms with Gasteiger partial charge >= 0.3 is 12.1 Å². The van der Waals surface area contributed by atoms with Crippen LogP contribution in [0.1, 0.15) is 45.7 Å². The van der Waals surface area contributed by atoms with Crippen LogP contribution in [0.4, 0.5) is 9.59 Å². The third-order valence-corrected chi connectivity index (χ3v) is 4.31. The zero-order valence-electron chi connectivity index (χ0n) is 15.6. The molecule has 142 valence electrons. The van der Waals surface area contributed by atoms with E-state index in [0.717, 1.165) is 16.7 Å². The Hall–Kier alpha value is -2.15. The van der Waals surface area contributed by atoms with Crippen molar-refractivity contribution in [2.75, 3.05) is 11.9 Å². The van der Waals surface area contributed by atoms with E-state index >= 15 is 0 Å². The van der Waals surface area contributed by atoms with Gasteiger partial charge in [-0.05, 0) is 25.8 Å². The molecule has 0 saturated carbocycles. The summed E-state index contributed by atoms with van der Waals surface area (Å²) in [6.45, 7) is 7.55. The van der Waals surface area contributed by atoms with Gasteiger partial charge in [0.05, 0.1) is 6.04 Å². The summed E-state index contributed by atoms with van der Waals surface area (Å²) in [5.74, 6) is -0.181. The van der Waals surface area contributed by atoms with Crippen LogP contribution < -0.4 is 10.6 Å². The third kappa shape index (κ3) is 5.17. The number of carbonyl (C=O) groups excluding carboxylic acids is 3. The number of rotatable bonds is 5. The lowest BCUT2D eigenvalue weighted by molar-refractivity contribution is -0.114. The molecule has 0 radical (unpaired) electrons. The van der Waals surface area contributed by atoms with Crippen molar-refractivity contribution in [3.05, 3.63) is 47.2 Å². The van der Waals surface area contributed by atoms with E-state index in [1.54, 1.807) is 19.1 Å². The maximum atomic E-state index is 12.5. The molecule has 1 aromatic rings. The van der Waals surface area contributed by atoms with Gasteiger partial charge in [-0.25, -0.2) is 14.5 Å². The minimum absolute atomic E-state index is 0.181. The molecule has 0 bridgehead atoms. The first-order valence-electron chi connectivity index (χ1n) is 8.68. The number of ketones is 1. The van der Waals surface area contributed by atoms with Crippen LogP contribution in [0, 0.1) is 0 Å². The van der Waals surface area contributed by atoms with Gasteiger partial charge in [-0.3, -0.25) is 4.79 Å². The molecule has 0 aromatic heterocycles. The number of benzene rings is 1. The highest BCUT2D eigenvalue weighted by atomic mass is 79.9. The van der Waals surface area contributed by atoms with E-state index in [0.29, 0.717) is 23.4 Å². The number of hydrogen-bond donors (Lipinski definition) is 2. The van der Waals surface area contributed by atoms with Crippen molar-refractivity contribution in [1.29, 1.82) is 0 Å². The molecule has 6 nitrogen and oxygen atoms in total. The maximum Gasteiger partial charge on any atom is 0.330 e. The van der Waals surface area contributed by atoms with Crippen molar-refractivity contribution in [3.8, 4) is 0 Å². The molecule has 4 amide bonds. The van der Waals surface area contributed by atoms with Gasteiger partial charge in [0.1, 0.15) is 0 Å². The van der Waals surface area contributed by atoms with Gasteiger partial charge in [0.15, 0.2) is 5.78 Å². The molecule has 2 rings (SSSR count). The first kappa shape index (κ1) is 21.9. The number of amides is 4. The predicted octanol–water partition coefficient (Wildman–Crippen LogP) is 4.14. The molecule has 0 aliphatic carbocycles. The van der Waals surface area contributed by atoms with Crippen molar-refractivity contribution >= 4 is 33.8 Å². The second-order valence-electron chi connectivity index (χ2n) is 5.48. The van der Waals surface area contributed by atoms with Crippen molar-refractivity contribution in [2.24, 2.45) is 0 Å². The van der Waals surface area contributed by atoms with Crippen LogP contribution in [0.25, 0.3) is 0 Å². The normalized spacial score (nSPS) is 16.4. The molecule has 1 aromatic carbocycles. The van der Waals surface area contributed by atoms with Gasteiger partial charge in [0, 0.05) is 23.1 Å². The van der Waals surface area contributed by atoms with Crippen LogP contribution in [0.3, 0.4) is 0 Å². The molecule has 7 heteroatoms. The largest absolute Gasteiger partial charge is 0.338 e. The number of hydrogen-bond acceptors (Lipinski definition) is 3. The summed E-state index contributed by atoms with van der Waals surface area (Å²) >= 11 is 3.30. The van der Waals surface area contributed by atoms with E-state index in [4.69, 9.17) is 0 Å². The van der Waals surface area contributed by atoms with E-state index in [1.807, 2.05) is 32.0 Å². The number of nitrogens with one attached hydrogen (secondary N) is 2. The van der Waals surface area contributed by atoms with E-state index in [9.17, 15) is 14.4 Å². The molecule has 26 heavy (non-hydrogen) atoms. The summed E-state index contributed by atoms with van der Waals surface area (Å²) in [6.07, 6.45) is 0.742. The topological polar surface area (TPSA) is 78.5 Å². The summed E-state index contributed by atoms with van der Waals surface area (Å²) in [5.41, 5.74) is 1.61. The van der Waals surface area contributed by atoms with E-state index in [1.165, 1.54) is 6.92 Å². The SMILES string of the molecule is CC.CC(=O)C1=C(C)NC(=O)N(C(=O)NCCCBr)C1c1ccccc1. The third-order valence-electron chi connectivity index (χ3n) is 3.75. The average molecular weight is 424 g/mol. The fourth-order valence-electron chi connectivity index (χ4n) is 2.70. The van der Waals surface area contributed by atoms with Crippen LogP contribution in [-0.2, 0) is 4.79 Å². The molecule has 0 spiro atoms. The van der Waals surface area contributed by atoms with Gasteiger partial charge in [0.25, 0.3) is 0 Å². The Balaban J connectivity index is 0.00000163. The molecular formula is C19H26BrN3O3. The minimum atomic E-state index is -0.735. The van der Waals surface area contributed by atoms with E-state index in [2.05, 4.69) is 26.6 Å². The Morgan fingerprint density at radius 1 is 1.23 bits per heavy atom. The first-order valence-corrected chi connectivity index (χ1v) is 9.80. The van der Waals surface area contributed by atoms with Gasteiger partial charge in [-0.15, -0.1) is 0 Å². The Kier molecular flexibility index (Phi) is 9.05. The summed E-state index contributed by atoms with van der Waals surface area (Å²) in [4.78, 5) is 38.2. The average Bonchev–Trinajstić information content (AvgIpc) is 2.63. The molecule has 1 atom stereocenters. The quantitative estimate of drug-likeness (QED) is 0.551. The van der Waals surface area contributed by atoms with E-state index in [-0.39, 0.29) is 5.78 Å². The highest BCUT2D eigenvalue weighted by Gasteiger charge is 2.39. The Morgan fingerprint density at radius 3 is 2.38 bits per heavy atom. The Morgan fingerprint density at radius 2 is 1.85 bits per heavy atom. The zero-order valence-corrected chi connectivity index (χ0v) is 17.2. The fraction of sp³-hybridized carbons (Fsp3) is 0.421. The first-order chi connectivity index (χ1) is 12.5. The summed E-state index contributed by atoms with van der Waals surface area (Å²) in [6, 6.07) is 7.29. The van der Waals surface area contributed by atoms with Gasteiger partial charge in [-0.1, -0.05) is 60.1 Å². The minimum Gasteiger partial charge on any atom is -0.338 e. The van der Waals surface area contributed by atoms with Crippen molar-refractivity contribution < 1.29 is 14.4 Å². The van der Waals surface area contributed by atoms with Gasteiger partial charge < -0.3 is 10.6 Å². The monoisotopic (exact) mass is 423 g/mol. The highest BCUT2D eigenvalue weighted by Crippen LogP contribution is 2.33. The van der Waals surface area contributed by atoms with Crippen LogP contribution in [0.5, 0.6) is 0 Å². The highest BCUT2D eigenvalue weighted by molar-refractivity contribution is 9.09. The number of nitrogens with zero attached hydrogens (tertiary/aromatic N) is 1. The maximum absolute atomic E-state index is 12.5. The molecule has 0 fully saturated rings. The number of imide groups is 1. The second kappa shape index (κ2) is 10.8. The molecular weight excluding hydrogens is 398 g/mol. The summed E-state index contributed by atoms with van der Waals surface area (Å²) in [5, 5.41) is 6.08. The smallest absolute Gasteiger partial charge is 0.330 e. The Bertz CT molecular complexity index is 674. The zero-order chi connectivity index (χ0) is 19.7. The van der Waals surface area contributed by atoms with Crippen LogP contribution >= 0.6 is 15.9 Å². The van der Waals surface area contributed by atoms with Crippen LogP contribution in [0.2, 0.25) is 0 Å². The lowest BCUT2D eigenvalue weighted by Crippen LogP contribution is -2.54. The van der Waals surface area contributed by atoms with Crippen molar-refractivity contribution in [1.82, 2.24) is 15.5 Å². The standard InChI is InChI=1S/C17H20BrN3O3.C2H6/c1-11-14(12(2)22)15(13-7-4-3-5-8-13)21(17(24)20-11)16(23)19-10-6-9-18;1-2/h3-5,7-8,15H,6,9-10H2,1-2H3,(H,19,23)(H,20,24);1-2H3. The number of allylic oxidation sites excluding steroid dienone is 1. The number of carbonyl (C=O) groups is 3. The molecule has 0 saturated heterocycles. The molecule has 1 aliphatic heterocycles. The molecule has 2 N–H and O–H groups in total. The van der Waals surface area contributed by atoms with Gasteiger partial charge in [0.2, 0.25) is 0 Å². The predicted molar refractivity (Wildman–Crippen MR) is 106 cm³/mol. The fourth-order valence-corrected chi connectivity index (χ4v) is 2.98. The summed E-state index contributed by atoms with van der Waals surface area (Å²) in [7, 11) is 0. The second-order valence-corrected chi connectivity index (χ2v) is 6.28. The van der Waals surface area contributed by atoms with Crippen LogP contribution in [-0.4, -0.2) is 34.6 Å². The molecule has 1 unspecified atom stereocenters. The lowest BCUT2D eigenvalue weighted by Gasteiger charge is -2.36. The molecule has 1 heterocycles. The van der Waals surface area contributed by atoms with Gasteiger partial charge in [-0.2, -0.15) is 0 Å². The number of urea groups is 2. The summed E-state index contributed by atoms with van der Waals surface area (Å²) < 4.78 is 0. The lowest BCUT2D eigenvalue weighted by atomic mass is 9.91. The van der Waals surface area contributed by atoms with Crippen molar-refractivity contribution in [2.45, 2.75) is 40.2 Å².